The van der Waals surface area contributed by atoms with Gasteiger partial charge in [-0.2, -0.15) is 0 Å². The highest BCUT2D eigenvalue weighted by molar-refractivity contribution is 8.13. The summed E-state index contributed by atoms with van der Waals surface area (Å²) in [6, 6.07) is 8.87. The molecular formula is C12H14ClN3O3S. The molecule has 6 nitrogen and oxygen atoms in total. The number of nitrogens with zero attached hydrogens (tertiary/aromatic N) is 3. The number of para-hydroxylation sites is 1. The molecule has 0 amide bonds. The number of rotatable bonds is 4. The zero-order valence-electron chi connectivity index (χ0n) is 11.2. The van der Waals surface area contributed by atoms with Crippen molar-refractivity contribution in [2.45, 2.75) is 24.6 Å². The van der Waals surface area contributed by atoms with Crippen LogP contribution >= 0.6 is 10.7 Å². The fourth-order valence-corrected chi connectivity index (χ4v) is 2.57. The van der Waals surface area contributed by atoms with E-state index in [1.165, 1.54) is 11.7 Å². The maximum atomic E-state index is 11.7. The van der Waals surface area contributed by atoms with E-state index in [1.54, 1.807) is 38.1 Å². The quantitative estimate of drug-likeness (QED) is 0.808. The molecular weight excluding hydrogens is 302 g/mol. The molecule has 1 aromatic carbocycles. The number of ether oxygens (including phenoxy) is 1. The number of methoxy groups -OCH3 is 1. The molecule has 0 fully saturated rings. The third kappa shape index (κ3) is 2.70. The first-order valence-corrected chi connectivity index (χ1v) is 8.09. The van der Waals surface area contributed by atoms with Gasteiger partial charge in [0.2, 0.25) is 0 Å². The number of halogens is 1. The van der Waals surface area contributed by atoms with Crippen LogP contribution in [0.5, 0.6) is 0 Å². The number of hydrogen-bond acceptors (Lipinski definition) is 5. The van der Waals surface area contributed by atoms with Gasteiger partial charge >= 0.3 is 0 Å². The Morgan fingerprint density at radius 3 is 2.30 bits per heavy atom. The molecule has 0 aliphatic heterocycles. The minimum atomic E-state index is -4.02. The molecule has 0 saturated heterocycles. The molecule has 20 heavy (non-hydrogen) atoms. The van der Waals surface area contributed by atoms with E-state index in [9.17, 15) is 8.42 Å². The van der Waals surface area contributed by atoms with Crippen LogP contribution in [0.3, 0.4) is 0 Å². The van der Waals surface area contributed by atoms with Gasteiger partial charge in [0, 0.05) is 23.5 Å². The third-order valence-corrected chi connectivity index (χ3v) is 4.03. The lowest BCUT2D eigenvalue weighted by Crippen LogP contribution is -2.25. The fourth-order valence-electron chi connectivity index (χ4n) is 1.72. The van der Waals surface area contributed by atoms with Crippen molar-refractivity contribution in [2.24, 2.45) is 0 Å². The summed E-state index contributed by atoms with van der Waals surface area (Å²) in [7, 11) is 2.92. The minimum Gasteiger partial charge on any atom is -0.371 e. The highest BCUT2D eigenvalue weighted by Gasteiger charge is 2.32. The van der Waals surface area contributed by atoms with Crippen LogP contribution in [0.25, 0.3) is 5.69 Å². The predicted octanol–water partition coefficient (Wildman–Crippen LogP) is 2.08. The van der Waals surface area contributed by atoms with E-state index in [-0.39, 0.29) is 5.16 Å². The van der Waals surface area contributed by atoms with E-state index >= 15 is 0 Å². The fraction of sp³-hybridized carbons (Fsp3) is 0.333. The second-order valence-electron chi connectivity index (χ2n) is 4.63. The Balaban J connectivity index is 2.77. The molecule has 0 atom stereocenters. The summed E-state index contributed by atoms with van der Waals surface area (Å²) >= 11 is 0. The highest BCUT2D eigenvalue weighted by Crippen LogP contribution is 2.28. The van der Waals surface area contributed by atoms with Gasteiger partial charge in [0.1, 0.15) is 5.60 Å². The summed E-state index contributed by atoms with van der Waals surface area (Å²) in [5.74, 6) is 0.352. The second kappa shape index (κ2) is 5.16. The van der Waals surface area contributed by atoms with E-state index in [1.807, 2.05) is 6.07 Å². The van der Waals surface area contributed by atoms with Gasteiger partial charge in [-0.25, -0.2) is 8.42 Å². The van der Waals surface area contributed by atoms with Crippen LogP contribution < -0.4 is 0 Å². The molecule has 0 spiro atoms. The third-order valence-electron chi connectivity index (χ3n) is 2.91. The summed E-state index contributed by atoms with van der Waals surface area (Å²) in [4.78, 5) is 0. The number of aromatic nitrogens is 3. The highest BCUT2D eigenvalue weighted by atomic mass is 35.7. The Kier molecular flexibility index (Phi) is 3.86. The number of benzene rings is 1. The Hall–Kier alpha value is -1.44. The Labute approximate surface area is 121 Å². The van der Waals surface area contributed by atoms with Gasteiger partial charge in [-0.1, -0.05) is 18.2 Å². The van der Waals surface area contributed by atoms with Crippen molar-refractivity contribution in [3.05, 3.63) is 36.2 Å². The topological polar surface area (TPSA) is 74.1 Å². The maximum Gasteiger partial charge on any atom is 0.297 e. The summed E-state index contributed by atoms with van der Waals surface area (Å²) < 4.78 is 30.0. The minimum absolute atomic E-state index is 0.328. The van der Waals surface area contributed by atoms with E-state index in [2.05, 4.69) is 10.2 Å². The molecule has 0 radical (unpaired) electrons. The van der Waals surface area contributed by atoms with Crippen molar-refractivity contribution in [1.29, 1.82) is 0 Å². The average Bonchev–Trinajstić information content (AvgIpc) is 2.85. The van der Waals surface area contributed by atoms with Crippen LogP contribution in [-0.4, -0.2) is 30.3 Å². The van der Waals surface area contributed by atoms with Crippen molar-refractivity contribution in [3.63, 3.8) is 0 Å². The Morgan fingerprint density at radius 2 is 1.80 bits per heavy atom. The molecule has 2 rings (SSSR count). The zero-order chi connectivity index (χ0) is 15.0. The molecule has 0 N–H and O–H groups in total. The Morgan fingerprint density at radius 1 is 1.20 bits per heavy atom. The molecule has 0 bridgehead atoms. The van der Waals surface area contributed by atoms with Gasteiger partial charge in [0.05, 0.1) is 0 Å². The largest absolute Gasteiger partial charge is 0.371 e. The second-order valence-corrected chi connectivity index (χ2v) is 7.09. The molecule has 1 aromatic heterocycles. The summed E-state index contributed by atoms with van der Waals surface area (Å²) in [5.41, 5.74) is -0.222. The van der Waals surface area contributed by atoms with Gasteiger partial charge in [-0.3, -0.25) is 4.57 Å². The first-order valence-electron chi connectivity index (χ1n) is 5.78. The van der Waals surface area contributed by atoms with Crippen molar-refractivity contribution in [3.8, 4) is 5.69 Å². The van der Waals surface area contributed by atoms with Crippen molar-refractivity contribution >= 4 is 19.7 Å². The predicted molar refractivity (Wildman–Crippen MR) is 74.4 cm³/mol. The van der Waals surface area contributed by atoms with Gasteiger partial charge < -0.3 is 4.74 Å². The van der Waals surface area contributed by atoms with E-state index in [0.29, 0.717) is 11.5 Å². The summed E-state index contributed by atoms with van der Waals surface area (Å²) in [6.07, 6.45) is 0. The smallest absolute Gasteiger partial charge is 0.297 e. The van der Waals surface area contributed by atoms with E-state index < -0.39 is 14.7 Å². The SMILES string of the molecule is COC(C)(C)c1nnc(S(=O)(=O)Cl)n1-c1ccccc1. The first kappa shape index (κ1) is 15.0. The summed E-state index contributed by atoms with van der Waals surface area (Å²) in [5, 5.41) is 7.29. The van der Waals surface area contributed by atoms with Crippen LogP contribution in [0, 0.1) is 0 Å². The first-order chi connectivity index (χ1) is 9.27. The zero-order valence-corrected chi connectivity index (χ0v) is 12.8. The standard InChI is InChI=1S/C12H14ClN3O3S/c1-12(2,19-3)10-14-15-11(20(13,17)18)16(10)9-7-5-4-6-8-9/h4-8H,1-3H3. The summed E-state index contributed by atoms with van der Waals surface area (Å²) in [6.45, 7) is 3.53. The van der Waals surface area contributed by atoms with Crippen LogP contribution in [-0.2, 0) is 19.4 Å². The molecule has 1 heterocycles. The van der Waals surface area contributed by atoms with Crippen molar-refractivity contribution in [1.82, 2.24) is 14.8 Å². The van der Waals surface area contributed by atoms with Gasteiger partial charge in [-0.15, -0.1) is 10.2 Å². The molecule has 8 heteroatoms. The molecule has 108 valence electrons. The lowest BCUT2D eigenvalue weighted by atomic mass is 10.1. The molecule has 0 aliphatic carbocycles. The van der Waals surface area contributed by atoms with E-state index in [0.717, 1.165) is 0 Å². The molecule has 0 aliphatic rings. The lowest BCUT2D eigenvalue weighted by Gasteiger charge is -2.22. The van der Waals surface area contributed by atoms with Crippen LogP contribution in [0.15, 0.2) is 35.5 Å². The van der Waals surface area contributed by atoms with Gasteiger partial charge in [0.25, 0.3) is 14.2 Å². The van der Waals surface area contributed by atoms with Gasteiger partial charge in [0.15, 0.2) is 5.82 Å². The molecule has 2 aromatic rings. The molecule has 0 unspecified atom stereocenters. The molecule has 0 saturated carbocycles. The van der Waals surface area contributed by atoms with Crippen LogP contribution in [0.1, 0.15) is 19.7 Å². The van der Waals surface area contributed by atoms with Crippen LogP contribution in [0.2, 0.25) is 0 Å². The van der Waals surface area contributed by atoms with Crippen molar-refractivity contribution < 1.29 is 13.2 Å². The average molecular weight is 316 g/mol. The lowest BCUT2D eigenvalue weighted by molar-refractivity contribution is 0.00969. The maximum absolute atomic E-state index is 11.7. The van der Waals surface area contributed by atoms with Crippen LogP contribution in [0.4, 0.5) is 0 Å². The number of hydrogen-bond donors (Lipinski definition) is 0. The van der Waals surface area contributed by atoms with Crippen molar-refractivity contribution in [2.75, 3.05) is 7.11 Å². The van der Waals surface area contributed by atoms with E-state index in [4.69, 9.17) is 15.4 Å². The Bertz CT molecular complexity index is 711. The van der Waals surface area contributed by atoms with Gasteiger partial charge in [-0.05, 0) is 26.0 Å². The monoisotopic (exact) mass is 315 g/mol. The normalized spacial score (nSPS) is 12.6.